The smallest absolute Gasteiger partial charge is 0.261 e. The van der Waals surface area contributed by atoms with Gasteiger partial charge in [0.15, 0.2) is 0 Å². The Balaban J connectivity index is 1.86. The number of carbonyl (C=O) groups excluding carboxylic acids is 1. The minimum Gasteiger partial charge on any atom is -0.347 e. The van der Waals surface area contributed by atoms with Gasteiger partial charge in [-0.1, -0.05) is 29.8 Å². The number of amides is 1. The van der Waals surface area contributed by atoms with Gasteiger partial charge >= 0.3 is 0 Å². The molecule has 0 saturated heterocycles. The number of thiophene rings is 1. The van der Waals surface area contributed by atoms with E-state index < -0.39 is 0 Å². The molecule has 0 bridgehead atoms. The summed E-state index contributed by atoms with van der Waals surface area (Å²) in [6.45, 7) is 5.99. The maximum absolute atomic E-state index is 12.4. The van der Waals surface area contributed by atoms with E-state index in [0.717, 1.165) is 5.56 Å². The molecule has 1 aromatic carbocycles. The predicted molar refractivity (Wildman–Crippen MR) is 92.1 cm³/mol. The summed E-state index contributed by atoms with van der Waals surface area (Å²) in [7, 11) is 0. The Labute approximate surface area is 137 Å². The van der Waals surface area contributed by atoms with E-state index in [1.54, 1.807) is 13.8 Å². The van der Waals surface area contributed by atoms with Crippen molar-refractivity contribution < 1.29 is 4.79 Å². The van der Waals surface area contributed by atoms with Gasteiger partial charge in [0.25, 0.3) is 11.5 Å². The minimum absolute atomic E-state index is 0.178. The summed E-state index contributed by atoms with van der Waals surface area (Å²) in [6, 6.07) is 8.00. The molecule has 0 aliphatic rings. The average molecular weight is 327 g/mol. The lowest BCUT2D eigenvalue weighted by Gasteiger charge is -2.05. The first-order valence-corrected chi connectivity index (χ1v) is 8.11. The maximum atomic E-state index is 12.4. The van der Waals surface area contributed by atoms with Gasteiger partial charge in [-0.25, -0.2) is 4.98 Å². The van der Waals surface area contributed by atoms with Crippen LogP contribution >= 0.6 is 11.3 Å². The van der Waals surface area contributed by atoms with Gasteiger partial charge in [0.05, 0.1) is 10.3 Å². The molecule has 3 rings (SSSR count). The SMILES string of the molecule is Cc1ccc(CNC(=O)c2sc3nc(C)[nH]c(=O)c3c2C)cc1. The molecule has 0 aliphatic carbocycles. The number of aromatic nitrogens is 2. The second kappa shape index (κ2) is 5.96. The third kappa shape index (κ3) is 3.03. The number of hydrogen-bond acceptors (Lipinski definition) is 4. The van der Waals surface area contributed by atoms with Crippen molar-refractivity contribution in [3.8, 4) is 0 Å². The van der Waals surface area contributed by atoms with Gasteiger partial charge in [-0.05, 0) is 31.9 Å². The summed E-state index contributed by atoms with van der Waals surface area (Å²) in [5.74, 6) is 0.374. The zero-order valence-corrected chi connectivity index (χ0v) is 14.0. The third-order valence-corrected chi connectivity index (χ3v) is 4.88. The van der Waals surface area contributed by atoms with Crippen LogP contribution in [0.2, 0.25) is 0 Å². The Hall–Kier alpha value is -2.47. The zero-order chi connectivity index (χ0) is 16.6. The van der Waals surface area contributed by atoms with Crippen molar-refractivity contribution in [2.75, 3.05) is 0 Å². The summed E-state index contributed by atoms with van der Waals surface area (Å²) in [4.78, 5) is 32.6. The monoisotopic (exact) mass is 327 g/mol. The van der Waals surface area contributed by atoms with Crippen LogP contribution in [0.3, 0.4) is 0 Å². The highest BCUT2D eigenvalue weighted by molar-refractivity contribution is 7.20. The van der Waals surface area contributed by atoms with Crippen LogP contribution in [0.25, 0.3) is 10.2 Å². The van der Waals surface area contributed by atoms with E-state index in [4.69, 9.17) is 0 Å². The fourth-order valence-corrected chi connectivity index (χ4v) is 3.58. The molecule has 2 heterocycles. The van der Waals surface area contributed by atoms with Gasteiger partial charge in [-0.3, -0.25) is 9.59 Å². The lowest BCUT2D eigenvalue weighted by Crippen LogP contribution is -2.22. The van der Waals surface area contributed by atoms with E-state index in [1.165, 1.54) is 16.9 Å². The largest absolute Gasteiger partial charge is 0.347 e. The molecule has 3 aromatic rings. The van der Waals surface area contributed by atoms with E-state index >= 15 is 0 Å². The molecular weight excluding hydrogens is 310 g/mol. The highest BCUT2D eigenvalue weighted by Gasteiger charge is 2.18. The Morgan fingerprint density at radius 3 is 2.61 bits per heavy atom. The van der Waals surface area contributed by atoms with E-state index in [9.17, 15) is 9.59 Å². The molecular formula is C17H17N3O2S. The number of carbonyl (C=O) groups is 1. The molecule has 0 unspecified atom stereocenters. The Bertz CT molecular complexity index is 939. The first-order chi connectivity index (χ1) is 11.0. The van der Waals surface area contributed by atoms with Gasteiger partial charge in [-0.2, -0.15) is 0 Å². The molecule has 118 valence electrons. The summed E-state index contributed by atoms with van der Waals surface area (Å²) in [6.07, 6.45) is 0. The fourth-order valence-electron chi connectivity index (χ4n) is 2.44. The number of nitrogens with one attached hydrogen (secondary N) is 2. The summed E-state index contributed by atoms with van der Waals surface area (Å²) in [5, 5.41) is 3.40. The summed E-state index contributed by atoms with van der Waals surface area (Å²) in [5.41, 5.74) is 2.70. The molecule has 1 amide bonds. The highest BCUT2D eigenvalue weighted by atomic mass is 32.1. The third-order valence-electron chi connectivity index (χ3n) is 3.70. The quantitative estimate of drug-likeness (QED) is 0.777. The first-order valence-electron chi connectivity index (χ1n) is 7.29. The Morgan fingerprint density at radius 1 is 1.22 bits per heavy atom. The number of hydrogen-bond donors (Lipinski definition) is 2. The van der Waals surface area contributed by atoms with E-state index in [-0.39, 0.29) is 11.5 Å². The van der Waals surface area contributed by atoms with Crippen LogP contribution in [0.15, 0.2) is 29.1 Å². The van der Waals surface area contributed by atoms with Crippen molar-refractivity contribution >= 4 is 27.5 Å². The molecule has 2 N–H and O–H groups in total. The van der Waals surface area contributed by atoms with Crippen LogP contribution in [-0.2, 0) is 6.54 Å². The lowest BCUT2D eigenvalue weighted by molar-refractivity contribution is 0.0954. The van der Waals surface area contributed by atoms with Gasteiger partial charge in [-0.15, -0.1) is 11.3 Å². The number of aryl methyl sites for hydroxylation is 3. The standard InChI is InChI=1S/C17H17N3O2S/c1-9-4-6-12(7-5-9)8-18-16(22)14-10(2)13-15(21)19-11(3)20-17(13)23-14/h4-7H,8H2,1-3H3,(H,18,22)(H,19,20,21). The fraction of sp³-hybridized carbons (Fsp3) is 0.235. The topological polar surface area (TPSA) is 74.8 Å². The van der Waals surface area contributed by atoms with Crippen LogP contribution in [0.1, 0.15) is 32.2 Å². The Kier molecular flexibility index (Phi) is 4.00. The number of aromatic amines is 1. The molecule has 0 radical (unpaired) electrons. The van der Waals surface area contributed by atoms with Crippen LogP contribution in [-0.4, -0.2) is 15.9 Å². The normalized spacial score (nSPS) is 10.9. The van der Waals surface area contributed by atoms with Crippen molar-refractivity contribution in [2.24, 2.45) is 0 Å². The second-order valence-electron chi connectivity index (χ2n) is 5.56. The lowest BCUT2D eigenvalue weighted by atomic mass is 10.1. The molecule has 0 aliphatic heterocycles. The molecule has 0 atom stereocenters. The van der Waals surface area contributed by atoms with Gasteiger partial charge < -0.3 is 10.3 Å². The van der Waals surface area contributed by atoms with Crippen molar-refractivity contribution in [3.63, 3.8) is 0 Å². The molecule has 0 saturated carbocycles. The summed E-state index contributed by atoms with van der Waals surface area (Å²) < 4.78 is 0. The highest BCUT2D eigenvalue weighted by Crippen LogP contribution is 2.26. The Morgan fingerprint density at radius 2 is 1.91 bits per heavy atom. The van der Waals surface area contributed by atoms with E-state index in [2.05, 4.69) is 15.3 Å². The molecule has 0 fully saturated rings. The average Bonchev–Trinajstić information content (AvgIpc) is 2.83. The van der Waals surface area contributed by atoms with Crippen molar-refractivity contribution in [2.45, 2.75) is 27.3 Å². The zero-order valence-electron chi connectivity index (χ0n) is 13.2. The van der Waals surface area contributed by atoms with Gasteiger partial charge in [0, 0.05) is 6.54 Å². The van der Waals surface area contributed by atoms with Crippen molar-refractivity contribution in [1.82, 2.24) is 15.3 Å². The number of fused-ring (bicyclic) bond motifs is 1. The van der Waals surface area contributed by atoms with Gasteiger partial charge in [0.2, 0.25) is 0 Å². The summed E-state index contributed by atoms with van der Waals surface area (Å²) >= 11 is 1.25. The second-order valence-corrected chi connectivity index (χ2v) is 6.56. The maximum Gasteiger partial charge on any atom is 0.261 e. The number of benzene rings is 1. The van der Waals surface area contributed by atoms with Gasteiger partial charge in [0.1, 0.15) is 10.7 Å². The molecule has 2 aromatic heterocycles. The van der Waals surface area contributed by atoms with Crippen molar-refractivity contribution in [1.29, 1.82) is 0 Å². The number of nitrogens with zero attached hydrogens (tertiary/aromatic N) is 1. The molecule has 0 spiro atoms. The first kappa shape index (κ1) is 15.4. The van der Waals surface area contributed by atoms with Crippen LogP contribution < -0.4 is 10.9 Å². The molecule has 6 heteroatoms. The van der Waals surface area contributed by atoms with E-state index in [0.29, 0.717) is 33.0 Å². The van der Waals surface area contributed by atoms with Crippen molar-refractivity contribution in [3.05, 3.63) is 62.0 Å². The van der Waals surface area contributed by atoms with Crippen LogP contribution in [0, 0.1) is 20.8 Å². The molecule has 23 heavy (non-hydrogen) atoms. The van der Waals surface area contributed by atoms with Crippen LogP contribution in [0.4, 0.5) is 0 Å². The van der Waals surface area contributed by atoms with E-state index in [1.807, 2.05) is 31.2 Å². The van der Waals surface area contributed by atoms with Crippen LogP contribution in [0.5, 0.6) is 0 Å². The number of H-pyrrole nitrogens is 1. The number of rotatable bonds is 3. The minimum atomic E-state index is -0.196. The molecule has 5 nitrogen and oxygen atoms in total. The predicted octanol–water partition coefficient (Wildman–Crippen LogP) is 2.84.